The fraction of sp³-hybridized carbons (Fsp3) is 0.407. The average molecular weight is 531 g/mol. The van der Waals surface area contributed by atoms with Crippen LogP contribution in [0.2, 0.25) is 0 Å². The molecule has 2 atom stereocenters. The number of anilines is 1. The van der Waals surface area contributed by atoms with Crippen LogP contribution in [0.1, 0.15) is 35.8 Å². The van der Waals surface area contributed by atoms with E-state index in [2.05, 4.69) is 32.1 Å². The van der Waals surface area contributed by atoms with Gasteiger partial charge in [-0.05, 0) is 30.9 Å². The van der Waals surface area contributed by atoms with Crippen LogP contribution in [0.25, 0.3) is 16.6 Å². The maximum absolute atomic E-state index is 13.8. The van der Waals surface area contributed by atoms with Gasteiger partial charge >= 0.3 is 0 Å². The first-order valence-electron chi connectivity index (χ1n) is 12.7. The van der Waals surface area contributed by atoms with Gasteiger partial charge in [0, 0.05) is 43.7 Å². The van der Waals surface area contributed by atoms with Crippen molar-refractivity contribution in [3.63, 3.8) is 0 Å². The second kappa shape index (κ2) is 10.1. The molecule has 12 nitrogen and oxygen atoms in total. The molecule has 2 aliphatic rings. The Kier molecular flexibility index (Phi) is 6.80. The summed E-state index contributed by atoms with van der Waals surface area (Å²) in [6.07, 6.45) is 5.92. The van der Waals surface area contributed by atoms with E-state index in [0.717, 1.165) is 11.1 Å². The van der Waals surface area contributed by atoms with Crippen molar-refractivity contribution in [2.24, 2.45) is 17.1 Å². The Morgan fingerprint density at radius 3 is 2.67 bits per heavy atom. The number of amides is 2. The van der Waals surface area contributed by atoms with E-state index in [1.165, 1.54) is 13.3 Å². The molecule has 202 valence electrons. The smallest absolute Gasteiger partial charge is 0.252 e. The summed E-state index contributed by atoms with van der Waals surface area (Å²) in [5, 5.41) is 23.5. The highest BCUT2D eigenvalue weighted by atomic mass is 16.5. The first kappa shape index (κ1) is 26.3. The summed E-state index contributed by atoms with van der Waals surface area (Å²) in [6.45, 7) is 3.11. The van der Waals surface area contributed by atoms with E-state index in [1.54, 1.807) is 16.9 Å². The van der Waals surface area contributed by atoms with Crippen molar-refractivity contribution in [1.29, 1.82) is 5.26 Å². The molecular formula is C27H30N8O4. The summed E-state index contributed by atoms with van der Waals surface area (Å²) in [7, 11) is 1.45. The number of rotatable bonds is 10. The zero-order valence-electron chi connectivity index (χ0n) is 21.8. The predicted molar refractivity (Wildman–Crippen MR) is 141 cm³/mol. The molecule has 1 aliphatic carbocycles. The fourth-order valence-electron chi connectivity index (χ4n) is 5.13. The van der Waals surface area contributed by atoms with Gasteiger partial charge in [0.05, 0.1) is 41.3 Å². The molecule has 12 heteroatoms. The number of methoxy groups -OCH3 is 1. The topological polar surface area (TPSA) is 177 Å². The molecule has 39 heavy (non-hydrogen) atoms. The Morgan fingerprint density at radius 2 is 2.08 bits per heavy atom. The minimum atomic E-state index is -1.08. The van der Waals surface area contributed by atoms with Gasteiger partial charge in [-0.2, -0.15) is 10.4 Å². The molecule has 3 aromatic rings. The number of nitrogens with zero attached hydrogens (tertiary/aromatic N) is 4. The summed E-state index contributed by atoms with van der Waals surface area (Å²) < 4.78 is 6.43. The van der Waals surface area contributed by atoms with Crippen molar-refractivity contribution in [3.8, 4) is 17.2 Å². The van der Waals surface area contributed by atoms with Gasteiger partial charge in [-0.1, -0.05) is 13.0 Å². The van der Waals surface area contributed by atoms with Crippen LogP contribution >= 0.6 is 0 Å². The quantitative estimate of drug-likeness (QED) is 0.298. The normalized spacial score (nSPS) is 21.3. The van der Waals surface area contributed by atoms with Crippen LogP contribution in [-0.2, 0) is 20.9 Å². The SMILES string of the molecule is COCC(=O)NCc1ccc(-c2cc3c(N[C@]4(C(=O)C5(C#N)CC5)CNC[C@@H]4C)c(C(N)=O)cnn3c2)cn1. The van der Waals surface area contributed by atoms with Crippen molar-refractivity contribution >= 4 is 28.8 Å². The van der Waals surface area contributed by atoms with Gasteiger partial charge in [-0.15, -0.1) is 0 Å². The average Bonchev–Trinajstić information content (AvgIpc) is 3.47. The van der Waals surface area contributed by atoms with Crippen LogP contribution in [0.5, 0.6) is 0 Å². The molecule has 2 fully saturated rings. The number of hydrogen-bond donors (Lipinski definition) is 4. The standard InChI is InChI=1S/C27H30N8O4/c1-16-8-30-15-27(16,25(38)26(14-28)5-6-26)34-23-20(24(29)37)11-33-35-12-18(7-21(23)35)17-3-4-19(31-9-17)10-32-22(36)13-39-2/h3-4,7,9,11-12,16,30,34H,5-6,8,10,13,15H2,1-2H3,(H2,29,37)(H,32,36)/t16-,27+/m0/s1. The van der Waals surface area contributed by atoms with Gasteiger partial charge in [0.15, 0.2) is 5.78 Å². The fourth-order valence-corrected chi connectivity index (χ4v) is 5.13. The number of hydrogen-bond acceptors (Lipinski definition) is 9. The largest absolute Gasteiger partial charge is 0.375 e. The summed E-state index contributed by atoms with van der Waals surface area (Å²) in [5.74, 6) is -1.21. The van der Waals surface area contributed by atoms with Gasteiger partial charge < -0.3 is 26.4 Å². The van der Waals surface area contributed by atoms with E-state index in [0.29, 0.717) is 42.8 Å². The predicted octanol–water partition coefficient (Wildman–Crippen LogP) is 1.02. The molecule has 0 unspecified atom stereocenters. The third-order valence-electron chi connectivity index (χ3n) is 7.65. The number of fused-ring (bicyclic) bond motifs is 1. The number of ether oxygens (including phenoxy) is 1. The number of carbonyl (C=O) groups is 3. The third kappa shape index (κ3) is 4.71. The summed E-state index contributed by atoms with van der Waals surface area (Å²) >= 11 is 0. The molecule has 5 N–H and O–H groups in total. The van der Waals surface area contributed by atoms with Crippen molar-refractivity contribution in [3.05, 3.63) is 48.0 Å². The summed E-state index contributed by atoms with van der Waals surface area (Å²) in [5.41, 5.74) is 7.00. The van der Waals surface area contributed by atoms with Crippen molar-refractivity contribution in [1.82, 2.24) is 25.2 Å². The summed E-state index contributed by atoms with van der Waals surface area (Å²) in [6, 6.07) is 7.75. The molecule has 1 saturated heterocycles. The molecule has 0 bridgehead atoms. The molecule has 1 saturated carbocycles. The number of Topliss-reactive ketones (excluding diaryl/α,β-unsaturated/α-hetero) is 1. The molecule has 0 aromatic carbocycles. The third-order valence-corrected chi connectivity index (χ3v) is 7.65. The first-order valence-corrected chi connectivity index (χ1v) is 12.7. The highest BCUT2D eigenvalue weighted by Crippen LogP contribution is 2.50. The van der Waals surface area contributed by atoms with Crippen LogP contribution in [-0.4, -0.2) is 64.5 Å². The highest BCUT2D eigenvalue weighted by molar-refractivity contribution is 6.06. The molecule has 0 radical (unpaired) electrons. The minimum Gasteiger partial charge on any atom is -0.375 e. The Hall–Kier alpha value is -4.34. The Balaban J connectivity index is 1.50. The van der Waals surface area contributed by atoms with Gasteiger partial charge in [0.25, 0.3) is 5.91 Å². The Labute approximate surface area is 224 Å². The van der Waals surface area contributed by atoms with Crippen LogP contribution in [0, 0.1) is 22.7 Å². The van der Waals surface area contributed by atoms with E-state index in [1.807, 2.05) is 25.1 Å². The molecular weight excluding hydrogens is 500 g/mol. The lowest BCUT2D eigenvalue weighted by Crippen LogP contribution is -2.55. The molecule has 1 aliphatic heterocycles. The first-order chi connectivity index (χ1) is 18.7. The number of primary amides is 1. The number of carbonyl (C=O) groups excluding carboxylic acids is 3. The number of pyridine rings is 1. The monoisotopic (exact) mass is 530 g/mol. The molecule has 2 amide bonds. The number of nitriles is 1. The number of nitrogens with two attached hydrogens (primary N) is 1. The highest BCUT2D eigenvalue weighted by Gasteiger charge is 2.61. The van der Waals surface area contributed by atoms with E-state index in [-0.39, 0.29) is 36.3 Å². The minimum absolute atomic E-state index is 0.0225. The molecule has 0 spiro atoms. The second-order valence-corrected chi connectivity index (χ2v) is 10.3. The molecule has 5 rings (SSSR count). The van der Waals surface area contributed by atoms with Crippen molar-refractivity contribution < 1.29 is 19.1 Å². The van der Waals surface area contributed by atoms with E-state index in [4.69, 9.17) is 10.5 Å². The van der Waals surface area contributed by atoms with Gasteiger partial charge in [0.1, 0.15) is 17.6 Å². The second-order valence-electron chi connectivity index (χ2n) is 10.3. The van der Waals surface area contributed by atoms with E-state index in [9.17, 15) is 19.6 Å². The van der Waals surface area contributed by atoms with Gasteiger partial charge in [0.2, 0.25) is 5.91 Å². The number of aromatic nitrogens is 3. The maximum Gasteiger partial charge on any atom is 0.252 e. The van der Waals surface area contributed by atoms with E-state index >= 15 is 0 Å². The van der Waals surface area contributed by atoms with Gasteiger partial charge in [-0.25, -0.2) is 4.52 Å². The van der Waals surface area contributed by atoms with Crippen molar-refractivity contribution in [2.75, 3.05) is 32.1 Å². The van der Waals surface area contributed by atoms with Crippen LogP contribution in [0.4, 0.5) is 5.69 Å². The van der Waals surface area contributed by atoms with Crippen LogP contribution < -0.4 is 21.7 Å². The van der Waals surface area contributed by atoms with Crippen LogP contribution in [0.3, 0.4) is 0 Å². The van der Waals surface area contributed by atoms with Crippen LogP contribution in [0.15, 0.2) is 36.8 Å². The lowest BCUT2D eigenvalue weighted by molar-refractivity contribution is -0.127. The number of ketones is 1. The Bertz CT molecular complexity index is 1490. The lowest BCUT2D eigenvalue weighted by Gasteiger charge is -2.35. The van der Waals surface area contributed by atoms with Gasteiger partial charge in [-0.3, -0.25) is 19.4 Å². The lowest BCUT2D eigenvalue weighted by atomic mass is 9.77. The van der Waals surface area contributed by atoms with E-state index < -0.39 is 16.9 Å². The maximum atomic E-state index is 13.8. The molecule has 3 aromatic heterocycles. The number of nitrogens with one attached hydrogen (secondary N) is 3. The summed E-state index contributed by atoms with van der Waals surface area (Å²) in [4.78, 5) is 42.3. The Morgan fingerprint density at radius 1 is 1.28 bits per heavy atom. The zero-order valence-corrected chi connectivity index (χ0v) is 21.8. The molecule has 4 heterocycles. The zero-order chi connectivity index (χ0) is 27.8. The van der Waals surface area contributed by atoms with Crippen molar-refractivity contribution in [2.45, 2.75) is 31.8 Å².